The van der Waals surface area contributed by atoms with Gasteiger partial charge in [-0.3, -0.25) is 9.10 Å². The van der Waals surface area contributed by atoms with Crippen LogP contribution in [0.1, 0.15) is 17.5 Å². The molecule has 134 valence electrons. The van der Waals surface area contributed by atoms with E-state index >= 15 is 0 Å². The van der Waals surface area contributed by atoms with Crippen LogP contribution in [-0.2, 0) is 14.8 Å². The highest BCUT2D eigenvalue weighted by atomic mass is 35.5. The molecule has 1 N–H and O–H groups in total. The minimum atomic E-state index is -3.50. The van der Waals surface area contributed by atoms with Gasteiger partial charge in [0.25, 0.3) is 0 Å². The Balaban J connectivity index is 2.13. The Labute approximate surface area is 153 Å². The number of carbonyl (C=O) groups excluding carboxylic acids is 1. The summed E-state index contributed by atoms with van der Waals surface area (Å²) in [5.74, 6) is -0.277. The number of sulfonamides is 1. The second-order valence-corrected chi connectivity index (χ2v) is 8.21. The molecule has 2 aromatic carbocycles. The van der Waals surface area contributed by atoms with Crippen molar-refractivity contribution < 1.29 is 13.2 Å². The first-order chi connectivity index (χ1) is 11.7. The zero-order valence-electron chi connectivity index (χ0n) is 14.4. The molecule has 0 saturated heterocycles. The first-order valence-electron chi connectivity index (χ1n) is 7.78. The number of hydrogen-bond acceptors (Lipinski definition) is 3. The molecule has 2 rings (SSSR count). The molecular weight excluding hydrogens is 360 g/mol. The van der Waals surface area contributed by atoms with Crippen molar-refractivity contribution in [2.45, 2.75) is 20.3 Å². The fourth-order valence-corrected chi connectivity index (χ4v) is 3.63. The molecule has 7 heteroatoms. The molecule has 0 fully saturated rings. The third-order valence-electron chi connectivity index (χ3n) is 3.90. The smallest absolute Gasteiger partial charge is 0.232 e. The van der Waals surface area contributed by atoms with Crippen molar-refractivity contribution in [1.29, 1.82) is 0 Å². The van der Waals surface area contributed by atoms with Gasteiger partial charge in [-0.2, -0.15) is 0 Å². The molecule has 0 bridgehead atoms. The van der Waals surface area contributed by atoms with E-state index < -0.39 is 10.0 Å². The van der Waals surface area contributed by atoms with Crippen LogP contribution in [0.3, 0.4) is 0 Å². The third kappa shape index (κ3) is 5.21. The van der Waals surface area contributed by atoms with Gasteiger partial charge in [-0.05, 0) is 49.2 Å². The van der Waals surface area contributed by atoms with E-state index in [-0.39, 0.29) is 18.9 Å². The van der Waals surface area contributed by atoms with Crippen molar-refractivity contribution in [2.75, 3.05) is 22.4 Å². The normalized spacial score (nSPS) is 11.2. The van der Waals surface area contributed by atoms with Crippen molar-refractivity contribution in [3.63, 3.8) is 0 Å². The molecule has 0 atom stereocenters. The Morgan fingerprint density at radius 3 is 2.48 bits per heavy atom. The number of nitrogens with one attached hydrogen (secondary N) is 1. The van der Waals surface area contributed by atoms with E-state index in [0.717, 1.165) is 17.4 Å². The quantitative estimate of drug-likeness (QED) is 0.829. The highest BCUT2D eigenvalue weighted by Gasteiger charge is 2.20. The van der Waals surface area contributed by atoms with Gasteiger partial charge in [-0.1, -0.05) is 29.8 Å². The van der Waals surface area contributed by atoms with E-state index in [1.807, 2.05) is 26.0 Å². The molecule has 0 spiro atoms. The number of carbonyl (C=O) groups is 1. The van der Waals surface area contributed by atoms with Crippen molar-refractivity contribution in [2.24, 2.45) is 0 Å². The van der Waals surface area contributed by atoms with Crippen molar-refractivity contribution in [3.8, 4) is 0 Å². The Bertz CT molecular complexity index is 882. The van der Waals surface area contributed by atoms with Crippen molar-refractivity contribution >= 4 is 38.9 Å². The molecule has 0 aliphatic carbocycles. The topological polar surface area (TPSA) is 66.5 Å². The van der Waals surface area contributed by atoms with Gasteiger partial charge < -0.3 is 5.32 Å². The lowest BCUT2D eigenvalue weighted by Gasteiger charge is -2.24. The largest absolute Gasteiger partial charge is 0.326 e. The van der Waals surface area contributed by atoms with E-state index in [2.05, 4.69) is 5.32 Å². The van der Waals surface area contributed by atoms with Crippen LogP contribution in [-0.4, -0.2) is 27.1 Å². The van der Waals surface area contributed by atoms with Gasteiger partial charge >= 0.3 is 0 Å². The van der Waals surface area contributed by atoms with Crippen LogP contribution in [0.2, 0.25) is 5.02 Å². The third-order valence-corrected chi connectivity index (χ3v) is 5.31. The van der Waals surface area contributed by atoms with Crippen molar-refractivity contribution in [3.05, 3.63) is 58.6 Å². The number of aryl methyl sites for hydroxylation is 1. The van der Waals surface area contributed by atoms with Crippen LogP contribution in [0.15, 0.2) is 42.5 Å². The number of benzene rings is 2. The van der Waals surface area contributed by atoms with Gasteiger partial charge in [0.2, 0.25) is 15.9 Å². The van der Waals surface area contributed by atoms with Gasteiger partial charge in [-0.15, -0.1) is 0 Å². The van der Waals surface area contributed by atoms with E-state index in [1.54, 1.807) is 30.3 Å². The van der Waals surface area contributed by atoms with E-state index in [1.165, 1.54) is 4.31 Å². The lowest BCUT2D eigenvalue weighted by molar-refractivity contribution is -0.116. The molecule has 0 radical (unpaired) electrons. The van der Waals surface area contributed by atoms with Gasteiger partial charge in [0.05, 0.1) is 11.9 Å². The summed E-state index contributed by atoms with van der Waals surface area (Å²) in [7, 11) is -3.50. The fraction of sp³-hybridized carbons (Fsp3) is 0.278. The summed E-state index contributed by atoms with van der Waals surface area (Å²) >= 11 is 5.89. The molecule has 0 saturated carbocycles. The van der Waals surface area contributed by atoms with Gasteiger partial charge in [0, 0.05) is 23.7 Å². The van der Waals surface area contributed by atoms with E-state index in [9.17, 15) is 13.2 Å². The minimum Gasteiger partial charge on any atom is -0.326 e. The number of nitrogens with zero attached hydrogens (tertiary/aromatic N) is 1. The Kier molecular flexibility index (Phi) is 6.08. The van der Waals surface area contributed by atoms with Crippen LogP contribution < -0.4 is 9.62 Å². The summed E-state index contributed by atoms with van der Waals surface area (Å²) in [5, 5.41) is 3.24. The lowest BCUT2D eigenvalue weighted by atomic mass is 10.1. The molecule has 2 aromatic rings. The molecule has 1 amide bonds. The first-order valence-corrected chi connectivity index (χ1v) is 10.0. The van der Waals surface area contributed by atoms with Crippen LogP contribution in [0.4, 0.5) is 11.4 Å². The SMILES string of the molecule is Cc1cccc(N(CCC(=O)Nc2cccc(Cl)c2)S(C)(=O)=O)c1C. The summed E-state index contributed by atoms with van der Waals surface area (Å²) in [5.41, 5.74) is 3.05. The second kappa shape index (κ2) is 7.89. The Morgan fingerprint density at radius 2 is 1.84 bits per heavy atom. The molecule has 0 aliphatic heterocycles. The number of hydrogen-bond donors (Lipinski definition) is 1. The minimum absolute atomic E-state index is 0.0347. The van der Waals surface area contributed by atoms with Gasteiger partial charge in [0.15, 0.2) is 0 Å². The zero-order chi connectivity index (χ0) is 18.6. The summed E-state index contributed by atoms with van der Waals surface area (Å²) in [6.07, 6.45) is 1.18. The van der Waals surface area contributed by atoms with Crippen LogP contribution in [0.5, 0.6) is 0 Å². The average molecular weight is 381 g/mol. The molecule has 0 unspecified atom stereocenters. The number of rotatable bonds is 6. The van der Waals surface area contributed by atoms with Crippen LogP contribution in [0.25, 0.3) is 0 Å². The second-order valence-electron chi connectivity index (χ2n) is 5.86. The average Bonchev–Trinajstić information content (AvgIpc) is 2.50. The first kappa shape index (κ1) is 19.3. The van der Waals surface area contributed by atoms with Gasteiger partial charge in [0.1, 0.15) is 0 Å². The van der Waals surface area contributed by atoms with E-state index in [0.29, 0.717) is 16.4 Å². The summed E-state index contributed by atoms with van der Waals surface area (Å²) < 4.78 is 25.6. The molecule has 0 aliphatic rings. The molecule has 5 nitrogen and oxygen atoms in total. The molecule has 25 heavy (non-hydrogen) atoms. The highest BCUT2D eigenvalue weighted by Crippen LogP contribution is 2.25. The fourth-order valence-electron chi connectivity index (χ4n) is 2.46. The standard InChI is InChI=1S/C18H21ClN2O3S/c1-13-6-4-9-17(14(13)2)21(25(3,23)24)11-10-18(22)20-16-8-5-7-15(19)12-16/h4-9,12H,10-11H2,1-3H3,(H,20,22). The highest BCUT2D eigenvalue weighted by molar-refractivity contribution is 7.92. The summed E-state index contributed by atoms with van der Waals surface area (Å²) in [6.45, 7) is 3.86. The molecule has 0 heterocycles. The number of amides is 1. The maximum absolute atomic E-state index is 12.2. The maximum atomic E-state index is 12.2. The van der Waals surface area contributed by atoms with Crippen molar-refractivity contribution in [1.82, 2.24) is 0 Å². The molecular formula is C18H21ClN2O3S. The predicted molar refractivity (Wildman–Crippen MR) is 103 cm³/mol. The van der Waals surface area contributed by atoms with Crippen LogP contribution >= 0.6 is 11.6 Å². The monoisotopic (exact) mass is 380 g/mol. The molecule has 0 aromatic heterocycles. The zero-order valence-corrected chi connectivity index (χ0v) is 16.0. The lowest BCUT2D eigenvalue weighted by Crippen LogP contribution is -2.33. The number of anilines is 2. The van der Waals surface area contributed by atoms with Gasteiger partial charge in [-0.25, -0.2) is 8.42 Å². The van der Waals surface area contributed by atoms with E-state index in [4.69, 9.17) is 11.6 Å². The Morgan fingerprint density at radius 1 is 1.16 bits per heavy atom. The number of halogens is 1. The maximum Gasteiger partial charge on any atom is 0.232 e. The summed E-state index contributed by atoms with van der Waals surface area (Å²) in [4.78, 5) is 12.2. The predicted octanol–water partition coefficient (Wildman–Crippen LogP) is 3.75. The van der Waals surface area contributed by atoms with Crippen LogP contribution in [0, 0.1) is 13.8 Å². The Hall–Kier alpha value is -2.05. The summed E-state index contributed by atoms with van der Waals surface area (Å²) in [6, 6.07) is 12.3.